The molecule has 1 aromatic heterocycles. The number of aryl methyl sites for hydroxylation is 1. The first-order valence-electron chi connectivity index (χ1n) is 6.32. The Kier molecular flexibility index (Phi) is 4.24. The van der Waals surface area contributed by atoms with Gasteiger partial charge in [-0.05, 0) is 31.4 Å². The Labute approximate surface area is 117 Å². The molecule has 0 radical (unpaired) electrons. The third-order valence-corrected chi connectivity index (χ3v) is 4.80. The Balaban J connectivity index is 2.01. The Morgan fingerprint density at radius 2 is 2.05 bits per heavy atom. The molecule has 0 bridgehead atoms. The van der Waals surface area contributed by atoms with Gasteiger partial charge in [0.2, 0.25) is 0 Å². The van der Waals surface area contributed by atoms with E-state index in [4.69, 9.17) is 5.11 Å². The maximum atomic E-state index is 12.1. The van der Waals surface area contributed by atoms with Crippen LogP contribution in [0.4, 0.5) is 5.82 Å². The van der Waals surface area contributed by atoms with Gasteiger partial charge in [-0.15, -0.1) is 0 Å². The van der Waals surface area contributed by atoms with Crippen LogP contribution in [0.1, 0.15) is 18.4 Å². The average molecular weight is 299 g/mol. The number of aromatic nitrogens is 1. The predicted octanol–water partition coefficient (Wildman–Crippen LogP) is 0.843. The molecule has 1 aliphatic rings. The summed E-state index contributed by atoms with van der Waals surface area (Å²) in [4.78, 5) is 14.8. The molecule has 7 nitrogen and oxygen atoms in total. The normalized spacial score (nSPS) is 17.9. The maximum absolute atomic E-state index is 12.1. The zero-order chi connectivity index (χ0) is 14.8. The van der Waals surface area contributed by atoms with Crippen LogP contribution in [0.5, 0.6) is 0 Å². The van der Waals surface area contributed by atoms with Crippen molar-refractivity contribution in [1.82, 2.24) is 9.29 Å². The number of nitrogens with one attached hydrogen (secondary N) is 1. The summed E-state index contributed by atoms with van der Waals surface area (Å²) >= 11 is 0. The van der Waals surface area contributed by atoms with Gasteiger partial charge >= 0.3 is 16.2 Å². The van der Waals surface area contributed by atoms with E-state index in [2.05, 4.69) is 9.71 Å². The first kappa shape index (κ1) is 14.7. The Bertz CT molecular complexity index is 577. The molecule has 0 aliphatic carbocycles. The lowest BCUT2D eigenvalue weighted by Gasteiger charge is -2.29. The van der Waals surface area contributed by atoms with Gasteiger partial charge in [-0.3, -0.25) is 9.52 Å². The molecule has 0 amide bonds. The molecule has 8 heteroatoms. The van der Waals surface area contributed by atoms with E-state index in [9.17, 15) is 13.2 Å². The van der Waals surface area contributed by atoms with Crippen molar-refractivity contribution in [3.63, 3.8) is 0 Å². The standard InChI is InChI=1S/C12H17N3O4S/c1-9-2-3-11(13-8-9)14-20(18,19)15-6-4-10(5-7-15)12(16)17/h2-3,8,10H,4-7H2,1H3,(H,13,14)(H,16,17). The highest BCUT2D eigenvalue weighted by Gasteiger charge is 2.31. The molecule has 2 heterocycles. The number of pyridine rings is 1. The second-order valence-electron chi connectivity index (χ2n) is 4.84. The van der Waals surface area contributed by atoms with E-state index in [0.29, 0.717) is 12.8 Å². The molecule has 0 unspecified atom stereocenters. The third-order valence-electron chi connectivity index (χ3n) is 3.29. The largest absolute Gasteiger partial charge is 0.481 e. The highest BCUT2D eigenvalue weighted by Crippen LogP contribution is 2.20. The smallest absolute Gasteiger partial charge is 0.306 e. The lowest BCUT2D eigenvalue weighted by molar-refractivity contribution is -0.142. The summed E-state index contributed by atoms with van der Waals surface area (Å²) in [5, 5.41) is 8.89. The topological polar surface area (TPSA) is 99.6 Å². The van der Waals surface area contributed by atoms with Crippen LogP contribution in [0.15, 0.2) is 18.3 Å². The minimum absolute atomic E-state index is 0.207. The highest BCUT2D eigenvalue weighted by molar-refractivity contribution is 7.90. The average Bonchev–Trinajstić information content (AvgIpc) is 2.41. The minimum atomic E-state index is -3.67. The Hall–Kier alpha value is -1.67. The van der Waals surface area contributed by atoms with Crippen LogP contribution >= 0.6 is 0 Å². The monoisotopic (exact) mass is 299 g/mol. The molecule has 1 fully saturated rings. The summed E-state index contributed by atoms with van der Waals surface area (Å²) in [5.41, 5.74) is 0.940. The summed E-state index contributed by atoms with van der Waals surface area (Å²) in [7, 11) is -3.67. The van der Waals surface area contributed by atoms with E-state index >= 15 is 0 Å². The molecule has 1 aromatic rings. The van der Waals surface area contributed by atoms with Gasteiger partial charge in [0.25, 0.3) is 0 Å². The van der Waals surface area contributed by atoms with Crippen molar-refractivity contribution in [1.29, 1.82) is 0 Å². The fourth-order valence-corrected chi connectivity index (χ4v) is 3.27. The number of carbonyl (C=O) groups is 1. The Morgan fingerprint density at radius 3 is 2.55 bits per heavy atom. The zero-order valence-corrected chi connectivity index (χ0v) is 11.9. The molecule has 0 atom stereocenters. The molecule has 0 aromatic carbocycles. The van der Waals surface area contributed by atoms with Crippen molar-refractivity contribution in [3.8, 4) is 0 Å². The number of carboxylic acids is 1. The third kappa shape index (κ3) is 3.45. The summed E-state index contributed by atoms with van der Waals surface area (Å²) in [6.07, 6.45) is 2.24. The van der Waals surface area contributed by atoms with Crippen molar-refractivity contribution in [2.24, 2.45) is 5.92 Å². The fourth-order valence-electron chi connectivity index (χ4n) is 2.07. The van der Waals surface area contributed by atoms with Crippen LogP contribution in [0.2, 0.25) is 0 Å². The van der Waals surface area contributed by atoms with Crippen molar-refractivity contribution in [2.75, 3.05) is 17.8 Å². The van der Waals surface area contributed by atoms with E-state index in [0.717, 1.165) is 5.56 Å². The first-order valence-corrected chi connectivity index (χ1v) is 7.76. The number of aliphatic carboxylic acids is 1. The SMILES string of the molecule is Cc1ccc(NS(=O)(=O)N2CCC(C(=O)O)CC2)nc1. The molecule has 2 rings (SSSR count). The van der Waals surface area contributed by atoms with Crippen molar-refractivity contribution in [2.45, 2.75) is 19.8 Å². The Morgan fingerprint density at radius 1 is 1.40 bits per heavy atom. The van der Waals surface area contributed by atoms with Crippen molar-refractivity contribution < 1.29 is 18.3 Å². The van der Waals surface area contributed by atoms with Gasteiger partial charge in [-0.1, -0.05) is 6.07 Å². The summed E-state index contributed by atoms with van der Waals surface area (Å²) in [6, 6.07) is 3.36. The van der Waals surface area contributed by atoms with Crippen molar-refractivity contribution >= 4 is 22.0 Å². The number of hydrogen-bond acceptors (Lipinski definition) is 4. The van der Waals surface area contributed by atoms with Gasteiger partial charge in [-0.2, -0.15) is 12.7 Å². The molecule has 20 heavy (non-hydrogen) atoms. The zero-order valence-electron chi connectivity index (χ0n) is 11.1. The van der Waals surface area contributed by atoms with Crippen LogP contribution in [-0.2, 0) is 15.0 Å². The van der Waals surface area contributed by atoms with Crippen LogP contribution in [0, 0.1) is 12.8 Å². The number of rotatable bonds is 4. The van der Waals surface area contributed by atoms with Gasteiger partial charge < -0.3 is 5.11 Å². The van der Waals surface area contributed by atoms with E-state index < -0.39 is 22.1 Å². The lowest BCUT2D eigenvalue weighted by atomic mass is 9.99. The molecule has 0 saturated carbocycles. The van der Waals surface area contributed by atoms with Crippen molar-refractivity contribution in [3.05, 3.63) is 23.9 Å². The van der Waals surface area contributed by atoms with E-state index in [1.807, 2.05) is 6.92 Å². The summed E-state index contributed by atoms with van der Waals surface area (Å²) in [6.45, 7) is 2.28. The number of anilines is 1. The molecule has 1 saturated heterocycles. The number of piperidine rings is 1. The predicted molar refractivity (Wildman–Crippen MR) is 73.4 cm³/mol. The summed E-state index contributed by atoms with van der Waals surface area (Å²) in [5.74, 6) is -1.06. The van der Waals surface area contributed by atoms with Gasteiger partial charge in [-0.25, -0.2) is 4.98 Å². The van der Waals surface area contributed by atoms with Crippen LogP contribution < -0.4 is 4.72 Å². The fraction of sp³-hybridized carbons (Fsp3) is 0.500. The van der Waals surface area contributed by atoms with E-state index in [-0.39, 0.29) is 18.9 Å². The first-order chi connectivity index (χ1) is 9.38. The highest BCUT2D eigenvalue weighted by atomic mass is 32.2. The lowest BCUT2D eigenvalue weighted by Crippen LogP contribution is -2.43. The molecular weight excluding hydrogens is 282 g/mol. The van der Waals surface area contributed by atoms with Crippen LogP contribution in [0.3, 0.4) is 0 Å². The van der Waals surface area contributed by atoms with E-state index in [1.54, 1.807) is 18.3 Å². The number of carboxylic acid groups (broad SMARTS) is 1. The molecule has 0 spiro atoms. The second-order valence-corrected chi connectivity index (χ2v) is 6.51. The van der Waals surface area contributed by atoms with Crippen LogP contribution in [-0.4, -0.2) is 41.9 Å². The molecular formula is C12H17N3O4S. The molecule has 110 valence electrons. The quantitative estimate of drug-likeness (QED) is 0.858. The van der Waals surface area contributed by atoms with Gasteiger partial charge in [0.05, 0.1) is 5.92 Å². The number of hydrogen-bond donors (Lipinski definition) is 2. The maximum Gasteiger partial charge on any atom is 0.306 e. The molecule has 2 N–H and O–H groups in total. The van der Waals surface area contributed by atoms with Gasteiger partial charge in [0, 0.05) is 19.3 Å². The molecule has 1 aliphatic heterocycles. The number of nitrogens with zero attached hydrogens (tertiary/aromatic N) is 2. The van der Waals surface area contributed by atoms with Gasteiger partial charge in [0.1, 0.15) is 5.82 Å². The van der Waals surface area contributed by atoms with Gasteiger partial charge in [0.15, 0.2) is 0 Å². The van der Waals surface area contributed by atoms with Crippen LogP contribution in [0.25, 0.3) is 0 Å². The van der Waals surface area contributed by atoms with E-state index in [1.165, 1.54) is 4.31 Å². The minimum Gasteiger partial charge on any atom is -0.481 e. The summed E-state index contributed by atoms with van der Waals surface area (Å²) < 4.78 is 27.9. The second kappa shape index (κ2) is 5.76.